The first-order valence-corrected chi connectivity index (χ1v) is 7.87. The van der Waals surface area contributed by atoms with E-state index in [-0.39, 0.29) is 0 Å². The summed E-state index contributed by atoms with van der Waals surface area (Å²) in [6.07, 6.45) is 7.81. The molecule has 0 atom stereocenters. The van der Waals surface area contributed by atoms with E-state index in [2.05, 4.69) is 61.0 Å². The van der Waals surface area contributed by atoms with Crippen molar-refractivity contribution in [3.8, 4) is 11.8 Å². The van der Waals surface area contributed by atoms with Crippen molar-refractivity contribution in [3.63, 3.8) is 0 Å². The van der Waals surface area contributed by atoms with E-state index in [9.17, 15) is 0 Å². The minimum absolute atomic E-state index is 0.838. The molecule has 0 bridgehead atoms. The van der Waals surface area contributed by atoms with Gasteiger partial charge in [0, 0.05) is 11.8 Å². The molecule has 1 nitrogen and oxygen atoms in total. The highest BCUT2D eigenvalue weighted by molar-refractivity contribution is 5.41. The van der Waals surface area contributed by atoms with Crippen molar-refractivity contribution in [2.75, 3.05) is 0 Å². The van der Waals surface area contributed by atoms with E-state index in [1.54, 1.807) is 0 Å². The van der Waals surface area contributed by atoms with E-state index in [1.165, 1.54) is 24.0 Å². The Labute approximate surface area is 128 Å². The third kappa shape index (κ3) is 5.08. The predicted molar refractivity (Wildman–Crippen MR) is 89.3 cm³/mol. The molecule has 0 aliphatic rings. The summed E-state index contributed by atoms with van der Waals surface area (Å²) >= 11 is 0. The molecule has 1 heteroatoms. The van der Waals surface area contributed by atoms with E-state index in [0.717, 1.165) is 30.5 Å². The number of pyridine rings is 1. The van der Waals surface area contributed by atoms with E-state index in [4.69, 9.17) is 0 Å². The fraction of sp³-hybridized carbons (Fsp3) is 0.350. The second-order valence-corrected chi connectivity index (χ2v) is 5.35. The summed E-state index contributed by atoms with van der Waals surface area (Å²) in [7, 11) is 0. The van der Waals surface area contributed by atoms with Crippen LogP contribution < -0.4 is 0 Å². The fourth-order valence-electron chi connectivity index (χ4n) is 2.21. The standard InChI is InChI=1S/C20H23N/c1-3-5-7-17-8-10-18(11-9-17)12-14-20-15-13-19(6-4-2)16-21-20/h8-11,13,15-16H,3-7H2,1-2H3. The molecule has 0 saturated carbocycles. The van der Waals surface area contributed by atoms with Crippen molar-refractivity contribution in [1.29, 1.82) is 0 Å². The molecule has 0 aliphatic carbocycles. The highest BCUT2D eigenvalue weighted by Crippen LogP contribution is 2.07. The first kappa shape index (κ1) is 15.3. The van der Waals surface area contributed by atoms with Crippen LogP contribution in [0.5, 0.6) is 0 Å². The van der Waals surface area contributed by atoms with Gasteiger partial charge in [-0.25, -0.2) is 4.98 Å². The summed E-state index contributed by atoms with van der Waals surface area (Å²) in [5.41, 5.74) is 4.56. The lowest BCUT2D eigenvalue weighted by Gasteiger charge is -1.99. The van der Waals surface area contributed by atoms with Gasteiger partial charge in [-0.2, -0.15) is 0 Å². The number of rotatable bonds is 5. The Balaban J connectivity index is 2.01. The minimum atomic E-state index is 0.838. The van der Waals surface area contributed by atoms with Crippen molar-refractivity contribution in [2.24, 2.45) is 0 Å². The first-order valence-electron chi connectivity index (χ1n) is 7.87. The van der Waals surface area contributed by atoms with Gasteiger partial charge in [0.05, 0.1) is 0 Å². The second-order valence-electron chi connectivity index (χ2n) is 5.35. The van der Waals surface area contributed by atoms with E-state index in [1.807, 2.05) is 12.3 Å². The highest BCUT2D eigenvalue weighted by atomic mass is 14.7. The molecule has 1 aromatic heterocycles. The lowest BCUT2D eigenvalue weighted by Crippen LogP contribution is -1.88. The van der Waals surface area contributed by atoms with Gasteiger partial charge in [0.25, 0.3) is 0 Å². The molecule has 1 aromatic carbocycles. The summed E-state index contributed by atoms with van der Waals surface area (Å²) in [6.45, 7) is 4.40. The van der Waals surface area contributed by atoms with Gasteiger partial charge in [-0.1, -0.05) is 50.8 Å². The maximum absolute atomic E-state index is 4.40. The Morgan fingerprint density at radius 2 is 1.57 bits per heavy atom. The highest BCUT2D eigenvalue weighted by Gasteiger charge is 1.94. The van der Waals surface area contributed by atoms with Gasteiger partial charge in [0.15, 0.2) is 0 Å². The predicted octanol–water partition coefficient (Wildman–Crippen LogP) is 4.78. The monoisotopic (exact) mass is 277 g/mol. The Morgan fingerprint density at radius 3 is 2.19 bits per heavy atom. The molecule has 0 amide bonds. The zero-order chi connectivity index (χ0) is 14.9. The molecular weight excluding hydrogens is 254 g/mol. The molecule has 0 fully saturated rings. The lowest BCUT2D eigenvalue weighted by molar-refractivity contribution is 0.795. The maximum Gasteiger partial charge on any atom is 0.113 e. The first-order chi connectivity index (χ1) is 10.3. The SMILES string of the molecule is CCCCc1ccc(C#Cc2ccc(CCC)cn2)cc1. The van der Waals surface area contributed by atoms with Crippen LogP contribution in [0.25, 0.3) is 0 Å². The summed E-state index contributed by atoms with van der Waals surface area (Å²) in [5, 5.41) is 0. The largest absolute Gasteiger partial charge is 0.248 e. The van der Waals surface area contributed by atoms with Crippen molar-refractivity contribution in [1.82, 2.24) is 4.98 Å². The van der Waals surface area contributed by atoms with Gasteiger partial charge < -0.3 is 0 Å². The lowest BCUT2D eigenvalue weighted by atomic mass is 10.1. The van der Waals surface area contributed by atoms with Crippen LogP contribution in [0, 0.1) is 11.8 Å². The number of nitrogens with zero attached hydrogens (tertiary/aromatic N) is 1. The molecule has 108 valence electrons. The average molecular weight is 277 g/mol. The second kappa shape index (κ2) is 8.27. The minimum Gasteiger partial charge on any atom is -0.248 e. The van der Waals surface area contributed by atoms with Gasteiger partial charge in [0.2, 0.25) is 0 Å². The number of unbranched alkanes of at least 4 members (excludes halogenated alkanes) is 1. The molecule has 0 saturated heterocycles. The normalized spacial score (nSPS) is 10.0. The Morgan fingerprint density at radius 1 is 0.810 bits per heavy atom. The number of hydrogen-bond acceptors (Lipinski definition) is 1. The number of aryl methyl sites for hydroxylation is 2. The van der Waals surface area contributed by atoms with Crippen LogP contribution in [0.2, 0.25) is 0 Å². The van der Waals surface area contributed by atoms with Crippen molar-refractivity contribution < 1.29 is 0 Å². The van der Waals surface area contributed by atoms with Crippen LogP contribution >= 0.6 is 0 Å². The van der Waals surface area contributed by atoms with Crippen LogP contribution in [0.3, 0.4) is 0 Å². The van der Waals surface area contributed by atoms with Gasteiger partial charge in [-0.05, 0) is 54.5 Å². The van der Waals surface area contributed by atoms with Crippen molar-refractivity contribution in [2.45, 2.75) is 46.0 Å². The average Bonchev–Trinajstić information content (AvgIpc) is 2.53. The third-order valence-corrected chi connectivity index (χ3v) is 3.47. The molecule has 1 heterocycles. The molecule has 21 heavy (non-hydrogen) atoms. The molecule has 2 aromatic rings. The zero-order valence-electron chi connectivity index (χ0n) is 13.0. The van der Waals surface area contributed by atoms with Crippen LogP contribution in [-0.4, -0.2) is 4.98 Å². The number of aromatic nitrogens is 1. The Bertz CT molecular complexity index is 597. The van der Waals surface area contributed by atoms with Crippen molar-refractivity contribution >= 4 is 0 Å². The molecule has 0 radical (unpaired) electrons. The summed E-state index contributed by atoms with van der Waals surface area (Å²) < 4.78 is 0. The van der Waals surface area contributed by atoms with Crippen LogP contribution in [0.4, 0.5) is 0 Å². The molecule has 0 N–H and O–H groups in total. The van der Waals surface area contributed by atoms with Gasteiger partial charge in [-0.15, -0.1) is 0 Å². The molecule has 0 spiro atoms. The molecular formula is C20H23N. The maximum atomic E-state index is 4.40. The van der Waals surface area contributed by atoms with Gasteiger partial charge >= 0.3 is 0 Å². The van der Waals surface area contributed by atoms with Crippen LogP contribution in [-0.2, 0) is 12.8 Å². The molecule has 0 unspecified atom stereocenters. The number of benzene rings is 1. The third-order valence-electron chi connectivity index (χ3n) is 3.47. The van der Waals surface area contributed by atoms with Crippen LogP contribution in [0.15, 0.2) is 42.6 Å². The van der Waals surface area contributed by atoms with Crippen molar-refractivity contribution in [3.05, 3.63) is 65.0 Å². The topological polar surface area (TPSA) is 12.9 Å². The number of hydrogen-bond donors (Lipinski definition) is 0. The Hall–Kier alpha value is -2.07. The quantitative estimate of drug-likeness (QED) is 0.717. The molecule has 0 aliphatic heterocycles. The zero-order valence-corrected chi connectivity index (χ0v) is 13.0. The summed E-state index contributed by atoms with van der Waals surface area (Å²) in [4.78, 5) is 4.40. The molecule has 2 rings (SSSR count). The smallest absolute Gasteiger partial charge is 0.113 e. The summed E-state index contributed by atoms with van der Waals surface area (Å²) in [6, 6.07) is 12.7. The van der Waals surface area contributed by atoms with Crippen LogP contribution in [0.1, 0.15) is 55.5 Å². The fourth-order valence-corrected chi connectivity index (χ4v) is 2.21. The van der Waals surface area contributed by atoms with Gasteiger partial charge in [0.1, 0.15) is 5.69 Å². The summed E-state index contributed by atoms with van der Waals surface area (Å²) in [5.74, 6) is 6.31. The van der Waals surface area contributed by atoms with E-state index < -0.39 is 0 Å². The van der Waals surface area contributed by atoms with Gasteiger partial charge in [-0.3, -0.25) is 0 Å². The Kier molecular flexibility index (Phi) is 6.03. The van der Waals surface area contributed by atoms with E-state index in [0.29, 0.717) is 0 Å². The van der Waals surface area contributed by atoms with E-state index >= 15 is 0 Å².